The Morgan fingerprint density at radius 1 is 0.926 bits per heavy atom. The van der Waals surface area contributed by atoms with E-state index in [1.807, 2.05) is 0 Å². The van der Waals surface area contributed by atoms with Gasteiger partial charge in [0.15, 0.2) is 11.5 Å². The number of ether oxygens (including phenoxy) is 3. The van der Waals surface area contributed by atoms with Crippen molar-refractivity contribution in [2.75, 3.05) is 26.6 Å². The standard InChI is InChI=1S/C19H21ClN2O5/c1-25-15-8-14(9-16(26-2)19(15)27-3)22-18(24)10-17(23)21-11-12-4-6-13(20)7-5-12/h4-9H,10-11H2,1-3H3,(H,21,23)(H,22,24). The highest BCUT2D eigenvalue weighted by atomic mass is 35.5. The normalized spacial score (nSPS) is 10.1. The van der Waals surface area contributed by atoms with Crippen LogP contribution in [0.2, 0.25) is 5.02 Å². The van der Waals surface area contributed by atoms with Gasteiger partial charge in [-0.15, -0.1) is 0 Å². The summed E-state index contributed by atoms with van der Waals surface area (Å²) in [7, 11) is 4.45. The number of hydrogen-bond donors (Lipinski definition) is 2. The molecule has 0 fully saturated rings. The van der Waals surface area contributed by atoms with Gasteiger partial charge in [0.25, 0.3) is 0 Å². The van der Waals surface area contributed by atoms with Crippen LogP contribution >= 0.6 is 11.6 Å². The minimum absolute atomic E-state index is 0.313. The summed E-state index contributed by atoms with van der Waals surface area (Å²) in [6.07, 6.45) is -0.315. The second-order valence-electron chi connectivity index (χ2n) is 5.54. The third-order valence-corrected chi connectivity index (χ3v) is 3.92. The molecule has 0 radical (unpaired) electrons. The predicted molar refractivity (Wildman–Crippen MR) is 103 cm³/mol. The van der Waals surface area contributed by atoms with Crippen molar-refractivity contribution in [1.29, 1.82) is 0 Å². The van der Waals surface area contributed by atoms with Crippen molar-refractivity contribution >= 4 is 29.1 Å². The first-order chi connectivity index (χ1) is 13.0. The zero-order chi connectivity index (χ0) is 19.8. The molecule has 0 aromatic heterocycles. The van der Waals surface area contributed by atoms with E-state index in [4.69, 9.17) is 25.8 Å². The number of anilines is 1. The van der Waals surface area contributed by atoms with Crippen LogP contribution in [0.1, 0.15) is 12.0 Å². The fourth-order valence-corrected chi connectivity index (χ4v) is 2.50. The van der Waals surface area contributed by atoms with Crippen molar-refractivity contribution in [2.45, 2.75) is 13.0 Å². The van der Waals surface area contributed by atoms with Crippen LogP contribution in [-0.2, 0) is 16.1 Å². The number of nitrogens with one attached hydrogen (secondary N) is 2. The molecular weight excluding hydrogens is 372 g/mol. The molecule has 0 saturated carbocycles. The number of hydrogen-bond acceptors (Lipinski definition) is 5. The number of amides is 2. The van der Waals surface area contributed by atoms with Crippen molar-refractivity contribution in [3.8, 4) is 17.2 Å². The second kappa shape index (κ2) is 9.68. The molecule has 2 aromatic rings. The average molecular weight is 393 g/mol. The van der Waals surface area contributed by atoms with Crippen LogP contribution < -0.4 is 24.8 Å². The van der Waals surface area contributed by atoms with E-state index >= 15 is 0 Å². The van der Waals surface area contributed by atoms with Gasteiger partial charge in [-0.25, -0.2) is 0 Å². The molecule has 27 heavy (non-hydrogen) atoms. The van der Waals surface area contributed by atoms with Gasteiger partial charge in [0, 0.05) is 29.4 Å². The summed E-state index contributed by atoms with van der Waals surface area (Å²) in [6, 6.07) is 10.3. The molecule has 2 rings (SSSR count). The summed E-state index contributed by atoms with van der Waals surface area (Å²) in [6.45, 7) is 0.313. The summed E-state index contributed by atoms with van der Waals surface area (Å²) >= 11 is 5.82. The summed E-state index contributed by atoms with van der Waals surface area (Å²) < 4.78 is 15.7. The molecule has 0 unspecified atom stereocenters. The molecule has 2 N–H and O–H groups in total. The Bertz CT molecular complexity index is 783. The van der Waals surface area contributed by atoms with Gasteiger partial charge in [-0.1, -0.05) is 23.7 Å². The van der Waals surface area contributed by atoms with E-state index in [1.165, 1.54) is 21.3 Å². The summed E-state index contributed by atoms with van der Waals surface area (Å²) in [5.41, 5.74) is 1.32. The van der Waals surface area contributed by atoms with Gasteiger partial charge in [0.1, 0.15) is 6.42 Å². The lowest BCUT2D eigenvalue weighted by Crippen LogP contribution is -2.27. The molecule has 0 aliphatic carbocycles. The maximum Gasteiger partial charge on any atom is 0.233 e. The van der Waals surface area contributed by atoms with Crippen LogP contribution in [0.3, 0.4) is 0 Å². The third kappa shape index (κ3) is 5.79. The minimum Gasteiger partial charge on any atom is -0.493 e. The Morgan fingerprint density at radius 3 is 2.04 bits per heavy atom. The topological polar surface area (TPSA) is 85.9 Å². The van der Waals surface area contributed by atoms with E-state index in [0.29, 0.717) is 34.5 Å². The van der Waals surface area contributed by atoms with Crippen molar-refractivity contribution in [2.24, 2.45) is 0 Å². The van der Waals surface area contributed by atoms with E-state index in [9.17, 15) is 9.59 Å². The maximum atomic E-state index is 12.1. The first-order valence-corrected chi connectivity index (χ1v) is 8.45. The molecule has 0 heterocycles. The minimum atomic E-state index is -0.460. The van der Waals surface area contributed by atoms with E-state index in [0.717, 1.165) is 5.56 Å². The molecule has 2 amide bonds. The van der Waals surface area contributed by atoms with E-state index < -0.39 is 11.8 Å². The molecular formula is C19H21ClN2O5. The van der Waals surface area contributed by atoms with Crippen molar-refractivity contribution in [3.63, 3.8) is 0 Å². The van der Waals surface area contributed by atoms with Crippen molar-refractivity contribution in [3.05, 3.63) is 47.0 Å². The van der Waals surface area contributed by atoms with Gasteiger partial charge >= 0.3 is 0 Å². The van der Waals surface area contributed by atoms with Crippen molar-refractivity contribution in [1.82, 2.24) is 5.32 Å². The van der Waals surface area contributed by atoms with Crippen LogP contribution in [0.15, 0.2) is 36.4 Å². The Labute approximate surface area is 162 Å². The molecule has 0 aliphatic rings. The SMILES string of the molecule is COc1cc(NC(=O)CC(=O)NCc2ccc(Cl)cc2)cc(OC)c1OC. The number of carbonyl (C=O) groups excluding carboxylic acids is 2. The molecule has 0 bridgehead atoms. The smallest absolute Gasteiger partial charge is 0.233 e. The number of rotatable bonds is 8. The second-order valence-corrected chi connectivity index (χ2v) is 5.98. The number of halogens is 1. The lowest BCUT2D eigenvalue weighted by atomic mass is 10.2. The predicted octanol–water partition coefficient (Wildman–Crippen LogP) is 3.01. The first-order valence-electron chi connectivity index (χ1n) is 8.07. The zero-order valence-corrected chi connectivity index (χ0v) is 16.1. The molecule has 144 valence electrons. The Hall–Kier alpha value is -2.93. The van der Waals surface area contributed by atoms with Gasteiger partial charge < -0.3 is 24.8 Å². The van der Waals surface area contributed by atoms with Gasteiger partial charge in [-0.3, -0.25) is 9.59 Å². The number of methoxy groups -OCH3 is 3. The Morgan fingerprint density at radius 2 is 1.52 bits per heavy atom. The summed E-state index contributed by atoms with van der Waals surface area (Å²) in [5, 5.41) is 5.95. The number of carbonyl (C=O) groups is 2. The number of benzene rings is 2. The Kier molecular flexibility index (Phi) is 7.31. The highest BCUT2D eigenvalue weighted by molar-refractivity contribution is 6.30. The fourth-order valence-electron chi connectivity index (χ4n) is 2.37. The lowest BCUT2D eigenvalue weighted by molar-refractivity contribution is -0.126. The molecule has 0 saturated heterocycles. The van der Waals surface area contributed by atoms with E-state index in [2.05, 4.69) is 10.6 Å². The first kappa shape index (κ1) is 20.4. The zero-order valence-electron chi connectivity index (χ0n) is 15.3. The monoisotopic (exact) mass is 392 g/mol. The van der Waals surface area contributed by atoms with Crippen molar-refractivity contribution < 1.29 is 23.8 Å². The highest BCUT2D eigenvalue weighted by Gasteiger charge is 2.15. The van der Waals surface area contributed by atoms with Gasteiger partial charge in [-0.05, 0) is 17.7 Å². The summed E-state index contributed by atoms with van der Waals surface area (Å²) in [5.74, 6) is 0.366. The van der Waals surface area contributed by atoms with Gasteiger partial charge in [0.2, 0.25) is 17.6 Å². The molecule has 0 atom stereocenters. The van der Waals surface area contributed by atoms with Crippen LogP contribution in [0.25, 0.3) is 0 Å². The van der Waals surface area contributed by atoms with Crippen LogP contribution in [0.4, 0.5) is 5.69 Å². The van der Waals surface area contributed by atoms with Crippen LogP contribution in [0, 0.1) is 0 Å². The third-order valence-electron chi connectivity index (χ3n) is 3.67. The quantitative estimate of drug-likeness (QED) is 0.674. The fraction of sp³-hybridized carbons (Fsp3) is 0.263. The van der Waals surface area contributed by atoms with E-state index in [-0.39, 0.29) is 6.42 Å². The van der Waals surface area contributed by atoms with E-state index in [1.54, 1.807) is 36.4 Å². The van der Waals surface area contributed by atoms with Gasteiger partial charge in [0.05, 0.1) is 21.3 Å². The molecule has 8 heteroatoms. The van der Waals surface area contributed by atoms with Crippen LogP contribution in [0.5, 0.6) is 17.2 Å². The highest BCUT2D eigenvalue weighted by Crippen LogP contribution is 2.39. The molecule has 0 aliphatic heterocycles. The average Bonchev–Trinajstić information content (AvgIpc) is 2.66. The van der Waals surface area contributed by atoms with Gasteiger partial charge in [-0.2, -0.15) is 0 Å². The maximum absolute atomic E-state index is 12.1. The summed E-state index contributed by atoms with van der Waals surface area (Å²) in [4.78, 5) is 24.1. The lowest BCUT2D eigenvalue weighted by Gasteiger charge is -2.14. The molecule has 0 spiro atoms. The van der Waals surface area contributed by atoms with Crippen LogP contribution in [-0.4, -0.2) is 33.1 Å². The Balaban J connectivity index is 1.94. The molecule has 7 nitrogen and oxygen atoms in total. The molecule has 2 aromatic carbocycles. The largest absolute Gasteiger partial charge is 0.493 e.